The van der Waals surface area contributed by atoms with Crippen molar-refractivity contribution in [2.45, 2.75) is 44.6 Å². The summed E-state index contributed by atoms with van der Waals surface area (Å²) in [4.78, 5) is 43.7. The fourth-order valence-electron chi connectivity index (χ4n) is 5.58. The standard InChI is InChI=1S/C27H31ClN4O3/c28-21-9-6-19(7-10-21)27(35)32-23-11-8-20(26(34)31-14-12-29-13-15-31)16-22(23)30-25(33)17-24(32)18-4-2-1-3-5-18/h6-11,16,18,24,29H,1-5,12-15,17H2,(H,30,33). The van der Waals surface area contributed by atoms with Crippen LogP contribution < -0.4 is 15.5 Å². The number of halogens is 1. The van der Waals surface area contributed by atoms with Gasteiger partial charge in [-0.15, -0.1) is 0 Å². The zero-order valence-corrected chi connectivity index (χ0v) is 20.5. The van der Waals surface area contributed by atoms with Gasteiger partial charge in [-0.25, -0.2) is 0 Å². The van der Waals surface area contributed by atoms with Gasteiger partial charge in [0.05, 0.1) is 11.4 Å². The second kappa shape index (κ2) is 10.4. The summed E-state index contributed by atoms with van der Waals surface area (Å²) in [7, 11) is 0. The molecule has 3 aliphatic rings. The van der Waals surface area contributed by atoms with Crippen LogP contribution in [0, 0.1) is 5.92 Å². The van der Waals surface area contributed by atoms with Crippen molar-refractivity contribution in [1.29, 1.82) is 0 Å². The van der Waals surface area contributed by atoms with E-state index in [1.165, 1.54) is 6.42 Å². The lowest BCUT2D eigenvalue weighted by atomic mass is 9.81. The molecule has 0 spiro atoms. The summed E-state index contributed by atoms with van der Waals surface area (Å²) in [6.45, 7) is 2.82. The van der Waals surface area contributed by atoms with Gasteiger partial charge in [-0.2, -0.15) is 0 Å². The lowest BCUT2D eigenvalue weighted by molar-refractivity contribution is -0.116. The van der Waals surface area contributed by atoms with Crippen LogP contribution in [0.15, 0.2) is 42.5 Å². The minimum atomic E-state index is -0.241. The molecule has 5 rings (SSSR count). The van der Waals surface area contributed by atoms with Crippen LogP contribution in [0.4, 0.5) is 11.4 Å². The van der Waals surface area contributed by atoms with E-state index in [-0.39, 0.29) is 36.1 Å². The molecule has 1 saturated carbocycles. The lowest BCUT2D eigenvalue weighted by Crippen LogP contribution is -2.46. The van der Waals surface area contributed by atoms with Gasteiger partial charge in [-0.1, -0.05) is 30.9 Å². The number of rotatable bonds is 3. The van der Waals surface area contributed by atoms with Crippen LogP contribution in [0.1, 0.15) is 59.2 Å². The Hall–Kier alpha value is -2.90. The summed E-state index contributed by atoms with van der Waals surface area (Å²) in [5.41, 5.74) is 2.19. The monoisotopic (exact) mass is 494 g/mol. The number of piperazine rings is 1. The summed E-state index contributed by atoms with van der Waals surface area (Å²) >= 11 is 6.07. The number of hydrogen-bond acceptors (Lipinski definition) is 4. The summed E-state index contributed by atoms with van der Waals surface area (Å²) < 4.78 is 0. The van der Waals surface area contributed by atoms with Gasteiger partial charge in [-0.05, 0) is 61.2 Å². The topological polar surface area (TPSA) is 81.8 Å². The maximum absolute atomic E-state index is 13.9. The van der Waals surface area contributed by atoms with E-state index in [0.717, 1.165) is 38.8 Å². The molecule has 2 aromatic rings. The Morgan fingerprint density at radius 3 is 2.29 bits per heavy atom. The number of anilines is 2. The Labute approximate surface area is 210 Å². The van der Waals surface area contributed by atoms with E-state index >= 15 is 0 Å². The fraction of sp³-hybridized carbons (Fsp3) is 0.444. The summed E-state index contributed by atoms with van der Waals surface area (Å²) in [5.74, 6) is -0.0952. The van der Waals surface area contributed by atoms with Crippen LogP contribution in [0.2, 0.25) is 5.02 Å². The van der Waals surface area contributed by atoms with Crippen LogP contribution in [-0.2, 0) is 4.79 Å². The second-order valence-electron chi connectivity index (χ2n) is 9.67. The Balaban J connectivity index is 1.55. The normalized spacial score (nSPS) is 21.2. The van der Waals surface area contributed by atoms with Gasteiger partial charge in [0.15, 0.2) is 0 Å². The van der Waals surface area contributed by atoms with Gasteiger partial charge in [0.1, 0.15) is 0 Å². The third-order valence-corrected chi connectivity index (χ3v) is 7.66. The Bertz CT molecular complexity index is 1110. The van der Waals surface area contributed by atoms with Crippen LogP contribution >= 0.6 is 11.6 Å². The molecule has 2 fully saturated rings. The van der Waals surface area contributed by atoms with Gasteiger partial charge in [-0.3, -0.25) is 14.4 Å². The lowest BCUT2D eigenvalue weighted by Gasteiger charge is -2.37. The number of benzene rings is 2. The number of carbonyl (C=O) groups excluding carboxylic acids is 3. The summed E-state index contributed by atoms with van der Waals surface area (Å²) in [6.07, 6.45) is 5.64. The molecule has 2 N–H and O–H groups in total. The highest BCUT2D eigenvalue weighted by Crippen LogP contribution is 2.39. The maximum atomic E-state index is 13.9. The highest BCUT2D eigenvalue weighted by atomic mass is 35.5. The highest BCUT2D eigenvalue weighted by Gasteiger charge is 2.38. The van der Waals surface area contributed by atoms with Crippen molar-refractivity contribution in [2.75, 3.05) is 36.4 Å². The minimum Gasteiger partial charge on any atom is -0.336 e. The van der Waals surface area contributed by atoms with Gasteiger partial charge in [0.25, 0.3) is 11.8 Å². The summed E-state index contributed by atoms with van der Waals surface area (Å²) in [6, 6.07) is 12.0. The number of fused-ring (bicyclic) bond motifs is 1. The molecule has 1 saturated heterocycles. The molecule has 2 heterocycles. The minimum absolute atomic E-state index is 0.0628. The van der Waals surface area contributed by atoms with Gasteiger partial charge < -0.3 is 20.4 Å². The Morgan fingerprint density at radius 1 is 0.886 bits per heavy atom. The van der Waals surface area contributed by atoms with E-state index < -0.39 is 0 Å². The Morgan fingerprint density at radius 2 is 1.57 bits per heavy atom. The van der Waals surface area contributed by atoms with Crippen molar-refractivity contribution >= 4 is 40.7 Å². The molecule has 3 amide bonds. The smallest absolute Gasteiger partial charge is 0.258 e. The first-order valence-corrected chi connectivity index (χ1v) is 12.9. The van der Waals surface area contributed by atoms with Gasteiger partial charge in [0, 0.05) is 54.8 Å². The SMILES string of the molecule is O=C1CC(C2CCCCC2)N(C(=O)c2ccc(Cl)cc2)c2ccc(C(=O)N3CCNCC3)cc2N1. The average molecular weight is 495 g/mol. The second-order valence-corrected chi connectivity index (χ2v) is 10.1. The van der Waals surface area contributed by atoms with Crippen LogP contribution in [-0.4, -0.2) is 54.8 Å². The average Bonchev–Trinajstić information content (AvgIpc) is 3.04. The molecule has 0 aromatic heterocycles. The number of amides is 3. The molecule has 0 bridgehead atoms. The van der Waals surface area contributed by atoms with Crippen LogP contribution in [0.3, 0.4) is 0 Å². The van der Waals surface area contributed by atoms with E-state index in [4.69, 9.17) is 11.6 Å². The molecular formula is C27H31ClN4O3. The number of nitrogens with one attached hydrogen (secondary N) is 2. The molecule has 35 heavy (non-hydrogen) atoms. The zero-order chi connectivity index (χ0) is 24.4. The quantitative estimate of drug-likeness (QED) is 0.665. The van der Waals surface area contributed by atoms with Gasteiger partial charge >= 0.3 is 0 Å². The van der Waals surface area contributed by atoms with E-state index in [1.807, 2.05) is 11.0 Å². The number of carbonyl (C=O) groups is 3. The molecule has 8 heteroatoms. The molecular weight excluding hydrogens is 464 g/mol. The van der Waals surface area contributed by atoms with E-state index in [1.54, 1.807) is 41.3 Å². The van der Waals surface area contributed by atoms with Crippen molar-refractivity contribution in [1.82, 2.24) is 10.2 Å². The predicted octanol–water partition coefficient (Wildman–Crippen LogP) is 4.32. The molecule has 1 unspecified atom stereocenters. The zero-order valence-electron chi connectivity index (χ0n) is 19.8. The highest BCUT2D eigenvalue weighted by molar-refractivity contribution is 6.30. The molecule has 1 aliphatic carbocycles. The summed E-state index contributed by atoms with van der Waals surface area (Å²) in [5, 5.41) is 6.82. The number of nitrogens with zero attached hydrogens (tertiary/aromatic N) is 2. The van der Waals surface area contributed by atoms with Crippen molar-refractivity contribution in [3.63, 3.8) is 0 Å². The van der Waals surface area contributed by atoms with Crippen molar-refractivity contribution < 1.29 is 14.4 Å². The van der Waals surface area contributed by atoms with Crippen LogP contribution in [0.25, 0.3) is 0 Å². The molecule has 184 valence electrons. The number of hydrogen-bond donors (Lipinski definition) is 2. The fourth-order valence-corrected chi connectivity index (χ4v) is 5.70. The van der Waals surface area contributed by atoms with E-state index in [2.05, 4.69) is 10.6 Å². The Kier molecular flexibility index (Phi) is 7.07. The van der Waals surface area contributed by atoms with Crippen molar-refractivity contribution in [3.8, 4) is 0 Å². The third-order valence-electron chi connectivity index (χ3n) is 7.41. The first-order chi connectivity index (χ1) is 17.0. The maximum Gasteiger partial charge on any atom is 0.258 e. The molecule has 2 aliphatic heterocycles. The van der Waals surface area contributed by atoms with Gasteiger partial charge in [0.2, 0.25) is 5.91 Å². The van der Waals surface area contributed by atoms with Crippen LogP contribution in [0.5, 0.6) is 0 Å². The predicted molar refractivity (Wildman–Crippen MR) is 137 cm³/mol. The first-order valence-electron chi connectivity index (χ1n) is 12.5. The molecule has 1 atom stereocenters. The van der Waals surface area contributed by atoms with Crippen molar-refractivity contribution in [2.24, 2.45) is 5.92 Å². The van der Waals surface area contributed by atoms with Crippen molar-refractivity contribution in [3.05, 3.63) is 58.6 Å². The third kappa shape index (κ3) is 5.07. The first kappa shape index (κ1) is 23.8. The largest absolute Gasteiger partial charge is 0.336 e. The van der Waals surface area contributed by atoms with E-state index in [0.29, 0.717) is 40.6 Å². The van der Waals surface area contributed by atoms with E-state index in [9.17, 15) is 14.4 Å². The molecule has 0 radical (unpaired) electrons. The molecule has 2 aromatic carbocycles. The molecule has 7 nitrogen and oxygen atoms in total.